The van der Waals surface area contributed by atoms with Crippen LogP contribution < -0.4 is 4.74 Å². The molecule has 2 amide bonds. The molecule has 2 unspecified atom stereocenters. The molecule has 3 atom stereocenters. The van der Waals surface area contributed by atoms with Gasteiger partial charge in [-0.3, -0.25) is 9.69 Å². The Kier molecular flexibility index (Phi) is 6.97. The van der Waals surface area contributed by atoms with E-state index in [9.17, 15) is 19.8 Å². The van der Waals surface area contributed by atoms with E-state index in [0.717, 1.165) is 47.1 Å². The van der Waals surface area contributed by atoms with Gasteiger partial charge in [0.15, 0.2) is 5.76 Å². The summed E-state index contributed by atoms with van der Waals surface area (Å²) in [7, 11) is 1.60. The molecule has 3 fully saturated rings. The van der Waals surface area contributed by atoms with Crippen molar-refractivity contribution in [3.8, 4) is 17.2 Å². The van der Waals surface area contributed by atoms with Gasteiger partial charge in [0, 0.05) is 35.1 Å². The van der Waals surface area contributed by atoms with Gasteiger partial charge in [0.2, 0.25) is 0 Å². The molecule has 244 valence electrons. The maximum absolute atomic E-state index is 14.1. The van der Waals surface area contributed by atoms with Crippen molar-refractivity contribution >= 4 is 34.0 Å². The zero-order chi connectivity index (χ0) is 32.9. The van der Waals surface area contributed by atoms with Gasteiger partial charge in [-0.05, 0) is 109 Å². The summed E-state index contributed by atoms with van der Waals surface area (Å²) in [4.78, 5) is 34.8. The zero-order valence-corrected chi connectivity index (χ0v) is 27.8. The number of carbonyl (C=O) groups is 2. The zero-order valence-electron chi connectivity index (χ0n) is 27.8. The number of carbonyl (C=O) groups excluding carboxylic acids is 1. The number of nitrogens with zero attached hydrogens (tertiary/aromatic N) is 4. The minimum atomic E-state index is -1.07. The molecule has 7 rings (SSSR count). The molecule has 0 radical (unpaired) electrons. The summed E-state index contributed by atoms with van der Waals surface area (Å²) in [6, 6.07) is 9.13. The SMILES string of the molecule is COc1cc(C(=O)N2CC3CCC2[C@@H]3N(C(=O)O)C(C)(C)C)cc2oc(-c3cc4ccc(C(C)(C)O)nc4n3CC3CC3)c(C)c12. The molecule has 2 N–H and O–H groups in total. The van der Waals surface area contributed by atoms with Crippen molar-refractivity contribution in [3.63, 3.8) is 0 Å². The summed E-state index contributed by atoms with van der Waals surface area (Å²) in [6.07, 6.45) is 3.07. The quantitative estimate of drug-likeness (QED) is 0.231. The minimum absolute atomic E-state index is 0.103. The molecule has 10 nitrogen and oxygen atoms in total. The fourth-order valence-corrected chi connectivity index (χ4v) is 7.88. The molecule has 3 aliphatic rings. The number of aromatic nitrogens is 2. The lowest BCUT2D eigenvalue weighted by molar-refractivity contribution is 0.0503. The van der Waals surface area contributed by atoms with Crippen molar-refractivity contribution in [1.29, 1.82) is 0 Å². The molecule has 0 spiro atoms. The highest BCUT2D eigenvalue weighted by Crippen LogP contribution is 2.46. The summed E-state index contributed by atoms with van der Waals surface area (Å²) in [6.45, 7) is 12.6. The standard InChI is InChI=1S/C36H44N4O6/c1-19-29-26(45-7)15-23(33(41)39-18-22-10-12-24(39)30(22)40(34(42)43)35(2,3)4)16-27(29)46-31(19)25-14-21-11-13-28(36(5,6)44)37-32(21)38(25)17-20-8-9-20/h11,13-16,20,22,24,30,44H,8-10,12,17-18H2,1-7H3,(H,42,43)/t22?,24?,30-/m1/s1. The van der Waals surface area contributed by atoms with Gasteiger partial charge in [0.1, 0.15) is 22.6 Å². The number of aryl methyl sites for hydroxylation is 1. The monoisotopic (exact) mass is 628 g/mol. The first kappa shape index (κ1) is 30.6. The van der Waals surface area contributed by atoms with Crippen LogP contribution in [-0.2, 0) is 12.1 Å². The summed E-state index contributed by atoms with van der Waals surface area (Å²) in [5, 5.41) is 22.6. The van der Waals surface area contributed by atoms with Crippen LogP contribution in [0.25, 0.3) is 33.5 Å². The fraction of sp³-hybridized carbons (Fsp3) is 0.528. The number of furan rings is 1. The lowest BCUT2D eigenvalue weighted by Crippen LogP contribution is -2.55. The second-order valence-corrected chi connectivity index (χ2v) is 15.0. The smallest absolute Gasteiger partial charge is 0.408 e. The number of hydrogen-bond acceptors (Lipinski definition) is 6. The Labute approximate surface area is 268 Å². The number of hydrogen-bond donors (Lipinski definition) is 2. The molecule has 2 bridgehead atoms. The average molecular weight is 629 g/mol. The van der Waals surface area contributed by atoms with Crippen molar-refractivity contribution in [1.82, 2.24) is 19.4 Å². The molecule has 1 aliphatic heterocycles. The lowest BCUT2D eigenvalue weighted by atomic mass is 9.98. The molecular formula is C36H44N4O6. The Morgan fingerprint density at radius 3 is 2.46 bits per heavy atom. The van der Waals surface area contributed by atoms with Gasteiger partial charge >= 0.3 is 6.09 Å². The van der Waals surface area contributed by atoms with E-state index >= 15 is 0 Å². The molecule has 1 aromatic carbocycles. The molecule has 4 heterocycles. The van der Waals surface area contributed by atoms with Gasteiger partial charge < -0.3 is 28.8 Å². The van der Waals surface area contributed by atoms with Gasteiger partial charge in [-0.25, -0.2) is 9.78 Å². The predicted octanol–water partition coefficient (Wildman–Crippen LogP) is 6.79. The number of likely N-dealkylation sites (tertiary alicyclic amines) is 1. The van der Waals surface area contributed by atoms with Gasteiger partial charge in [-0.2, -0.15) is 0 Å². The number of pyridine rings is 1. The number of fused-ring (bicyclic) bond motifs is 4. The topological polar surface area (TPSA) is 121 Å². The Bertz CT molecular complexity index is 1870. The Hall–Kier alpha value is -4.05. The number of piperidine rings is 1. The first-order valence-electron chi connectivity index (χ1n) is 16.3. The third-order valence-corrected chi connectivity index (χ3v) is 10.2. The number of carboxylic acid groups (broad SMARTS) is 1. The van der Waals surface area contributed by atoms with Gasteiger partial charge in [0.25, 0.3) is 5.91 Å². The van der Waals surface area contributed by atoms with Crippen LogP contribution in [0.15, 0.2) is 34.7 Å². The normalized spacial score (nSPS) is 21.5. The van der Waals surface area contributed by atoms with Crippen LogP contribution in [-0.4, -0.2) is 72.8 Å². The first-order valence-corrected chi connectivity index (χ1v) is 16.3. The van der Waals surface area contributed by atoms with Crippen LogP contribution in [0.1, 0.15) is 81.9 Å². The molecule has 46 heavy (non-hydrogen) atoms. The number of benzene rings is 1. The van der Waals surface area contributed by atoms with Crippen LogP contribution >= 0.6 is 0 Å². The van der Waals surface area contributed by atoms with Crippen LogP contribution in [0, 0.1) is 18.8 Å². The van der Waals surface area contributed by atoms with Crippen molar-refractivity contribution in [3.05, 3.63) is 47.2 Å². The van der Waals surface area contributed by atoms with E-state index in [2.05, 4.69) is 10.6 Å². The molecule has 4 aromatic rings. The van der Waals surface area contributed by atoms with Gasteiger partial charge in [-0.15, -0.1) is 0 Å². The summed E-state index contributed by atoms with van der Waals surface area (Å²) in [5.41, 5.74) is 2.62. The van der Waals surface area contributed by atoms with Crippen LogP contribution in [0.2, 0.25) is 0 Å². The highest BCUT2D eigenvalue weighted by molar-refractivity contribution is 6.02. The average Bonchev–Trinajstić information content (AvgIpc) is 3.31. The van der Waals surface area contributed by atoms with Crippen LogP contribution in [0.3, 0.4) is 0 Å². The maximum Gasteiger partial charge on any atom is 0.408 e. The lowest BCUT2D eigenvalue weighted by Gasteiger charge is -2.40. The molecule has 2 aliphatic carbocycles. The molecule has 10 heteroatoms. The first-order chi connectivity index (χ1) is 21.7. The number of rotatable bonds is 7. The predicted molar refractivity (Wildman–Crippen MR) is 175 cm³/mol. The molecule has 3 aromatic heterocycles. The highest BCUT2D eigenvalue weighted by Gasteiger charge is 2.54. The largest absolute Gasteiger partial charge is 0.496 e. The van der Waals surface area contributed by atoms with Crippen molar-refractivity contribution in [2.45, 2.75) is 97.0 Å². The summed E-state index contributed by atoms with van der Waals surface area (Å²) < 4.78 is 14.7. The summed E-state index contributed by atoms with van der Waals surface area (Å²) in [5.74, 6) is 1.79. The summed E-state index contributed by atoms with van der Waals surface area (Å²) >= 11 is 0. The van der Waals surface area contributed by atoms with Crippen molar-refractivity contribution in [2.75, 3.05) is 13.7 Å². The third kappa shape index (κ3) is 4.92. The van der Waals surface area contributed by atoms with E-state index in [1.165, 1.54) is 12.8 Å². The van der Waals surface area contributed by atoms with Gasteiger partial charge in [-0.1, -0.05) is 0 Å². The number of methoxy groups -OCH3 is 1. The Morgan fingerprint density at radius 2 is 1.83 bits per heavy atom. The van der Waals surface area contributed by atoms with Crippen molar-refractivity contribution in [2.24, 2.45) is 11.8 Å². The van der Waals surface area contributed by atoms with Crippen molar-refractivity contribution < 1.29 is 29.0 Å². The molecule has 1 saturated heterocycles. The van der Waals surface area contributed by atoms with Crippen LogP contribution in [0.4, 0.5) is 4.79 Å². The number of aliphatic hydroxyl groups is 1. The Morgan fingerprint density at radius 1 is 1.09 bits per heavy atom. The second-order valence-electron chi connectivity index (χ2n) is 15.0. The highest BCUT2D eigenvalue weighted by atomic mass is 16.5. The van der Waals surface area contributed by atoms with Crippen LogP contribution in [0.5, 0.6) is 5.75 Å². The second kappa shape index (κ2) is 10.5. The fourth-order valence-electron chi connectivity index (χ4n) is 7.88. The van der Waals surface area contributed by atoms with E-state index in [1.807, 2.05) is 44.7 Å². The van der Waals surface area contributed by atoms with E-state index < -0.39 is 17.2 Å². The molecular weight excluding hydrogens is 584 g/mol. The van der Waals surface area contributed by atoms with E-state index in [1.54, 1.807) is 38.0 Å². The van der Waals surface area contributed by atoms with E-state index in [-0.39, 0.29) is 23.9 Å². The van der Waals surface area contributed by atoms with Gasteiger partial charge in [0.05, 0.1) is 36.0 Å². The molecule has 2 saturated carbocycles. The third-order valence-electron chi connectivity index (χ3n) is 10.2. The minimum Gasteiger partial charge on any atom is -0.496 e. The maximum atomic E-state index is 14.1. The van der Waals surface area contributed by atoms with E-state index in [0.29, 0.717) is 40.8 Å². The number of amides is 2. The van der Waals surface area contributed by atoms with E-state index in [4.69, 9.17) is 14.1 Å². The number of ether oxygens (including phenoxy) is 1. The Balaban J connectivity index is 1.29.